The van der Waals surface area contributed by atoms with E-state index in [9.17, 15) is 0 Å². The molecule has 1 fully saturated rings. The summed E-state index contributed by atoms with van der Waals surface area (Å²) in [4.78, 5) is 2.61. The highest BCUT2D eigenvalue weighted by Crippen LogP contribution is 2.32. The first-order valence-corrected chi connectivity index (χ1v) is 7.53. The van der Waals surface area contributed by atoms with Gasteiger partial charge in [-0.25, -0.2) is 0 Å². The fraction of sp³-hybridized carbons (Fsp3) is 0.800. The number of hydrogen-bond acceptors (Lipinski definition) is 3. The summed E-state index contributed by atoms with van der Waals surface area (Å²) in [7, 11) is 1.99. The van der Waals surface area contributed by atoms with Crippen LogP contribution < -0.4 is 5.32 Å². The lowest BCUT2D eigenvalue weighted by Crippen LogP contribution is -2.51. The van der Waals surface area contributed by atoms with Crippen LogP contribution in [-0.4, -0.2) is 39.9 Å². The predicted octanol–water partition coefficient (Wildman–Crippen LogP) is 2.34. The summed E-state index contributed by atoms with van der Waals surface area (Å²) < 4.78 is 1.90. The van der Waals surface area contributed by atoms with Gasteiger partial charge in [0.15, 0.2) is 0 Å². The van der Waals surface area contributed by atoms with Crippen LogP contribution in [0.15, 0.2) is 12.3 Å². The molecule has 0 saturated carbocycles. The maximum Gasteiger partial charge on any atom is 0.0812 e. The number of nitrogens with zero attached hydrogens (tertiary/aromatic N) is 3. The monoisotopic (exact) mass is 264 g/mol. The summed E-state index contributed by atoms with van der Waals surface area (Å²) in [5.74, 6) is 0. The SMILES string of the molecule is CCCNC(c1ccn(C)n1)C(C)(C)N1CCCC1. The third kappa shape index (κ3) is 3.18. The van der Waals surface area contributed by atoms with Crippen LogP contribution in [-0.2, 0) is 7.05 Å². The molecule has 2 heterocycles. The molecule has 0 radical (unpaired) electrons. The highest BCUT2D eigenvalue weighted by molar-refractivity contribution is 5.13. The average molecular weight is 264 g/mol. The summed E-state index contributed by atoms with van der Waals surface area (Å²) in [6.07, 6.45) is 5.84. The first-order valence-electron chi connectivity index (χ1n) is 7.53. The summed E-state index contributed by atoms with van der Waals surface area (Å²) in [6.45, 7) is 10.4. The van der Waals surface area contributed by atoms with Gasteiger partial charge in [0.2, 0.25) is 0 Å². The Hall–Kier alpha value is -0.870. The van der Waals surface area contributed by atoms with Crippen LogP contribution in [0, 0.1) is 0 Å². The lowest BCUT2D eigenvalue weighted by molar-refractivity contribution is 0.104. The van der Waals surface area contributed by atoms with E-state index in [2.05, 4.69) is 42.2 Å². The van der Waals surface area contributed by atoms with Crippen molar-refractivity contribution in [2.24, 2.45) is 7.05 Å². The molecule has 19 heavy (non-hydrogen) atoms. The Labute approximate surface area is 117 Å². The van der Waals surface area contributed by atoms with E-state index < -0.39 is 0 Å². The largest absolute Gasteiger partial charge is 0.307 e. The Morgan fingerprint density at radius 1 is 1.37 bits per heavy atom. The zero-order valence-electron chi connectivity index (χ0n) is 12.8. The summed E-state index contributed by atoms with van der Waals surface area (Å²) in [5, 5.41) is 8.33. The fourth-order valence-electron chi connectivity index (χ4n) is 3.07. The van der Waals surface area contributed by atoms with Gasteiger partial charge in [-0.3, -0.25) is 9.58 Å². The van der Waals surface area contributed by atoms with Crippen molar-refractivity contribution in [3.05, 3.63) is 18.0 Å². The average Bonchev–Trinajstić information content (AvgIpc) is 3.01. The molecule has 1 aromatic heterocycles. The molecule has 1 N–H and O–H groups in total. The number of aryl methyl sites for hydroxylation is 1. The quantitative estimate of drug-likeness (QED) is 0.856. The van der Waals surface area contributed by atoms with Gasteiger partial charge in [-0.15, -0.1) is 0 Å². The second-order valence-electron chi connectivity index (χ2n) is 6.15. The molecule has 1 unspecified atom stereocenters. The molecule has 0 spiro atoms. The number of likely N-dealkylation sites (tertiary alicyclic amines) is 1. The fourth-order valence-corrected chi connectivity index (χ4v) is 3.07. The van der Waals surface area contributed by atoms with E-state index in [1.54, 1.807) is 0 Å². The Morgan fingerprint density at radius 3 is 2.58 bits per heavy atom. The van der Waals surface area contributed by atoms with Gasteiger partial charge in [0, 0.05) is 18.8 Å². The van der Waals surface area contributed by atoms with Crippen molar-refractivity contribution in [1.82, 2.24) is 20.0 Å². The Bertz CT molecular complexity index is 391. The number of nitrogens with one attached hydrogen (secondary N) is 1. The molecule has 4 nitrogen and oxygen atoms in total. The molecule has 0 amide bonds. The van der Waals surface area contributed by atoms with Crippen LogP contribution in [0.1, 0.15) is 51.8 Å². The topological polar surface area (TPSA) is 33.1 Å². The summed E-state index contributed by atoms with van der Waals surface area (Å²) in [6, 6.07) is 2.44. The van der Waals surface area contributed by atoms with E-state index >= 15 is 0 Å². The zero-order valence-corrected chi connectivity index (χ0v) is 12.8. The maximum absolute atomic E-state index is 4.63. The molecule has 2 rings (SSSR count). The number of rotatable bonds is 6. The molecular weight excluding hydrogens is 236 g/mol. The second kappa shape index (κ2) is 6.06. The Morgan fingerprint density at radius 2 is 2.05 bits per heavy atom. The van der Waals surface area contributed by atoms with Gasteiger partial charge in [-0.2, -0.15) is 5.10 Å². The maximum atomic E-state index is 4.63. The highest BCUT2D eigenvalue weighted by Gasteiger charge is 2.38. The van der Waals surface area contributed by atoms with Crippen LogP contribution in [0.5, 0.6) is 0 Å². The molecule has 1 aromatic rings. The number of aromatic nitrogens is 2. The van der Waals surface area contributed by atoms with Crippen LogP contribution in [0.25, 0.3) is 0 Å². The van der Waals surface area contributed by atoms with Gasteiger partial charge in [0.25, 0.3) is 0 Å². The van der Waals surface area contributed by atoms with Gasteiger partial charge >= 0.3 is 0 Å². The molecule has 0 bridgehead atoms. The standard InChI is InChI=1S/C15H28N4/c1-5-9-16-14(13-8-12-18(4)17-13)15(2,3)19-10-6-7-11-19/h8,12,14,16H,5-7,9-11H2,1-4H3. The number of hydrogen-bond donors (Lipinski definition) is 1. The van der Waals surface area contributed by atoms with E-state index in [0.717, 1.165) is 18.7 Å². The molecule has 1 saturated heterocycles. The first kappa shape index (κ1) is 14.5. The van der Waals surface area contributed by atoms with Crippen LogP contribution in [0.4, 0.5) is 0 Å². The molecule has 1 atom stereocenters. The minimum absolute atomic E-state index is 0.111. The Kier molecular flexibility index (Phi) is 4.63. The van der Waals surface area contributed by atoms with Crippen molar-refractivity contribution in [3.63, 3.8) is 0 Å². The van der Waals surface area contributed by atoms with Gasteiger partial charge in [-0.05, 0) is 58.8 Å². The third-order valence-electron chi connectivity index (χ3n) is 4.26. The van der Waals surface area contributed by atoms with Gasteiger partial charge in [0.1, 0.15) is 0 Å². The first-order chi connectivity index (χ1) is 9.05. The normalized spacial score (nSPS) is 18.9. The van der Waals surface area contributed by atoms with E-state index in [1.165, 1.54) is 25.9 Å². The van der Waals surface area contributed by atoms with Crippen LogP contribution in [0.2, 0.25) is 0 Å². The van der Waals surface area contributed by atoms with Crippen molar-refractivity contribution in [3.8, 4) is 0 Å². The van der Waals surface area contributed by atoms with E-state index in [1.807, 2.05) is 17.9 Å². The second-order valence-corrected chi connectivity index (χ2v) is 6.15. The molecular formula is C15H28N4. The zero-order chi connectivity index (χ0) is 13.9. The van der Waals surface area contributed by atoms with E-state index in [-0.39, 0.29) is 5.54 Å². The van der Waals surface area contributed by atoms with Crippen LogP contribution >= 0.6 is 0 Å². The third-order valence-corrected chi connectivity index (χ3v) is 4.26. The van der Waals surface area contributed by atoms with Crippen molar-refractivity contribution in [2.45, 2.75) is 51.6 Å². The smallest absolute Gasteiger partial charge is 0.0812 e. The van der Waals surface area contributed by atoms with Crippen LogP contribution in [0.3, 0.4) is 0 Å². The van der Waals surface area contributed by atoms with Crippen molar-refractivity contribution in [1.29, 1.82) is 0 Å². The lowest BCUT2D eigenvalue weighted by Gasteiger charge is -2.42. The van der Waals surface area contributed by atoms with Gasteiger partial charge in [0.05, 0.1) is 11.7 Å². The molecule has 1 aliphatic heterocycles. The summed E-state index contributed by atoms with van der Waals surface area (Å²) in [5.41, 5.74) is 1.27. The molecule has 0 aliphatic carbocycles. The Balaban J connectivity index is 2.20. The molecule has 108 valence electrons. The van der Waals surface area contributed by atoms with Gasteiger partial charge < -0.3 is 5.32 Å². The minimum Gasteiger partial charge on any atom is -0.307 e. The molecule has 0 aromatic carbocycles. The summed E-state index contributed by atoms with van der Waals surface area (Å²) >= 11 is 0. The van der Waals surface area contributed by atoms with Crippen molar-refractivity contribution in [2.75, 3.05) is 19.6 Å². The van der Waals surface area contributed by atoms with E-state index in [4.69, 9.17) is 0 Å². The highest BCUT2D eigenvalue weighted by atomic mass is 15.3. The minimum atomic E-state index is 0.111. The van der Waals surface area contributed by atoms with Crippen molar-refractivity contribution >= 4 is 0 Å². The van der Waals surface area contributed by atoms with Crippen molar-refractivity contribution < 1.29 is 0 Å². The molecule has 4 heteroatoms. The molecule has 1 aliphatic rings. The lowest BCUT2D eigenvalue weighted by atomic mass is 9.90. The predicted molar refractivity (Wildman–Crippen MR) is 79.1 cm³/mol. The van der Waals surface area contributed by atoms with Gasteiger partial charge in [-0.1, -0.05) is 6.92 Å². The van der Waals surface area contributed by atoms with E-state index in [0.29, 0.717) is 6.04 Å².